The van der Waals surface area contributed by atoms with Crippen molar-refractivity contribution >= 4 is 0 Å². The highest BCUT2D eigenvalue weighted by Crippen LogP contribution is 2.33. The molecule has 5 aromatic rings. The Bertz CT molecular complexity index is 1490. The molecule has 0 bridgehead atoms. The molecule has 0 saturated carbocycles. The molecule has 0 atom stereocenters. The molecule has 0 spiro atoms. The maximum atomic E-state index is 5.87. The Kier molecular flexibility index (Phi) is 6.24. The summed E-state index contributed by atoms with van der Waals surface area (Å²) in [6.07, 6.45) is 0.0260. The lowest BCUT2D eigenvalue weighted by molar-refractivity contribution is 0.230. The summed E-state index contributed by atoms with van der Waals surface area (Å²) in [6.45, 7) is 8.10. The quantitative estimate of drug-likeness (QED) is 0.295. The van der Waals surface area contributed by atoms with Crippen molar-refractivity contribution in [2.45, 2.75) is 40.3 Å². The van der Waals surface area contributed by atoms with Gasteiger partial charge in [-0.25, -0.2) is 9.67 Å². The zero-order valence-corrected chi connectivity index (χ0v) is 20.7. The molecular weight excluding hydrogens is 460 g/mol. The smallest absolute Gasteiger partial charge is 0.280 e. The SMILES string of the molecule is COc1cc(-c2noc(-c3nnn(Cc4nc(-c5ccccc5)oc4C)c3C)n2)ccc1OC(C)C. The lowest BCUT2D eigenvalue weighted by atomic mass is 10.2. The van der Waals surface area contributed by atoms with Crippen LogP contribution in [0.1, 0.15) is 31.0 Å². The standard InChI is InChI=1S/C26H26N6O4/c1-15(2)34-21-12-11-19(13-22(21)33-5)24-28-26(36-30-24)23-16(3)32(31-29-23)14-20-17(4)35-25(27-20)18-9-7-6-8-10-18/h6-13,15H,14H2,1-5H3. The molecule has 0 N–H and O–H groups in total. The number of hydrogen-bond acceptors (Lipinski definition) is 9. The largest absolute Gasteiger partial charge is 0.493 e. The second kappa shape index (κ2) is 9.65. The average Bonchev–Trinajstić information content (AvgIpc) is 3.59. The number of ether oxygens (including phenoxy) is 2. The maximum Gasteiger partial charge on any atom is 0.280 e. The Morgan fingerprint density at radius 1 is 0.944 bits per heavy atom. The zero-order chi connectivity index (χ0) is 25.2. The van der Waals surface area contributed by atoms with Gasteiger partial charge in [0.2, 0.25) is 11.7 Å². The summed E-state index contributed by atoms with van der Waals surface area (Å²) in [5.74, 6) is 3.22. The number of methoxy groups -OCH3 is 1. The summed E-state index contributed by atoms with van der Waals surface area (Å²) in [5, 5.41) is 12.7. The summed E-state index contributed by atoms with van der Waals surface area (Å²) < 4.78 is 24.4. The van der Waals surface area contributed by atoms with Gasteiger partial charge in [-0.3, -0.25) is 0 Å². The molecule has 0 amide bonds. The van der Waals surface area contributed by atoms with Crippen LogP contribution in [0.15, 0.2) is 57.5 Å². The van der Waals surface area contributed by atoms with Gasteiger partial charge in [-0.15, -0.1) is 5.10 Å². The highest BCUT2D eigenvalue weighted by atomic mass is 16.5. The fourth-order valence-corrected chi connectivity index (χ4v) is 3.72. The third kappa shape index (κ3) is 4.57. The number of nitrogens with zero attached hydrogens (tertiary/aromatic N) is 6. The van der Waals surface area contributed by atoms with E-state index in [2.05, 4.69) is 25.4 Å². The second-order valence-electron chi connectivity index (χ2n) is 8.52. The number of aryl methyl sites for hydroxylation is 1. The number of aromatic nitrogens is 6. The molecule has 5 rings (SSSR count). The predicted octanol–water partition coefficient (Wildman–Crippen LogP) is 5.11. The molecule has 0 aliphatic rings. The van der Waals surface area contributed by atoms with Gasteiger partial charge in [0.15, 0.2) is 17.2 Å². The van der Waals surface area contributed by atoms with Crippen molar-refractivity contribution in [3.8, 4) is 45.9 Å². The summed E-state index contributed by atoms with van der Waals surface area (Å²) in [7, 11) is 1.59. The van der Waals surface area contributed by atoms with E-state index in [1.54, 1.807) is 11.8 Å². The van der Waals surface area contributed by atoms with Gasteiger partial charge in [0.25, 0.3) is 5.89 Å². The molecule has 0 aliphatic carbocycles. The lowest BCUT2D eigenvalue weighted by Crippen LogP contribution is -2.06. The lowest BCUT2D eigenvalue weighted by Gasteiger charge is -2.13. The molecule has 0 fully saturated rings. The van der Waals surface area contributed by atoms with Crippen LogP contribution in [-0.4, -0.2) is 43.3 Å². The number of oxazole rings is 1. The van der Waals surface area contributed by atoms with Crippen LogP contribution < -0.4 is 9.47 Å². The van der Waals surface area contributed by atoms with Crippen LogP contribution in [0.4, 0.5) is 0 Å². The van der Waals surface area contributed by atoms with Crippen molar-refractivity contribution in [3.63, 3.8) is 0 Å². The second-order valence-corrected chi connectivity index (χ2v) is 8.52. The van der Waals surface area contributed by atoms with E-state index < -0.39 is 0 Å². The van der Waals surface area contributed by atoms with Crippen molar-refractivity contribution < 1.29 is 18.4 Å². The first-order chi connectivity index (χ1) is 17.4. The predicted molar refractivity (Wildman–Crippen MR) is 132 cm³/mol. The van der Waals surface area contributed by atoms with E-state index in [1.807, 2.05) is 76.2 Å². The van der Waals surface area contributed by atoms with Gasteiger partial charge < -0.3 is 18.4 Å². The van der Waals surface area contributed by atoms with E-state index in [4.69, 9.17) is 18.4 Å². The van der Waals surface area contributed by atoms with E-state index in [0.29, 0.717) is 35.5 Å². The van der Waals surface area contributed by atoms with E-state index in [9.17, 15) is 0 Å². The van der Waals surface area contributed by atoms with Crippen LogP contribution in [-0.2, 0) is 6.54 Å². The topological polar surface area (TPSA) is 114 Å². The van der Waals surface area contributed by atoms with Crippen molar-refractivity contribution in [1.82, 2.24) is 30.1 Å². The molecule has 36 heavy (non-hydrogen) atoms. The van der Waals surface area contributed by atoms with Crippen molar-refractivity contribution in [2.75, 3.05) is 7.11 Å². The molecule has 10 nitrogen and oxygen atoms in total. The summed E-state index contributed by atoms with van der Waals surface area (Å²) in [4.78, 5) is 9.19. The van der Waals surface area contributed by atoms with Crippen LogP contribution in [0, 0.1) is 13.8 Å². The van der Waals surface area contributed by atoms with E-state index in [0.717, 1.165) is 28.3 Å². The van der Waals surface area contributed by atoms with Crippen LogP contribution in [0.25, 0.3) is 34.4 Å². The Balaban J connectivity index is 1.38. The molecule has 0 unspecified atom stereocenters. The van der Waals surface area contributed by atoms with Gasteiger partial charge in [0.05, 0.1) is 25.5 Å². The van der Waals surface area contributed by atoms with E-state index >= 15 is 0 Å². The fourth-order valence-electron chi connectivity index (χ4n) is 3.72. The fraction of sp³-hybridized carbons (Fsp3) is 0.269. The number of benzene rings is 2. The van der Waals surface area contributed by atoms with Crippen LogP contribution >= 0.6 is 0 Å². The van der Waals surface area contributed by atoms with Crippen LogP contribution in [0.5, 0.6) is 11.5 Å². The number of hydrogen-bond donors (Lipinski definition) is 0. The van der Waals surface area contributed by atoms with Gasteiger partial charge in [0.1, 0.15) is 11.5 Å². The molecule has 3 heterocycles. The van der Waals surface area contributed by atoms with Gasteiger partial charge in [-0.2, -0.15) is 4.98 Å². The molecule has 0 saturated heterocycles. The van der Waals surface area contributed by atoms with Gasteiger partial charge in [-0.05, 0) is 58.0 Å². The minimum absolute atomic E-state index is 0.0260. The first-order valence-electron chi connectivity index (χ1n) is 11.5. The molecule has 0 aliphatic heterocycles. The van der Waals surface area contributed by atoms with Crippen molar-refractivity contribution in [3.05, 3.63) is 65.7 Å². The molecular formula is C26H26N6O4. The minimum atomic E-state index is 0.0260. The average molecular weight is 487 g/mol. The Labute approximate surface area is 207 Å². The summed E-state index contributed by atoms with van der Waals surface area (Å²) in [6, 6.07) is 15.3. The Morgan fingerprint density at radius 3 is 2.50 bits per heavy atom. The van der Waals surface area contributed by atoms with Crippen molar-refractivity contribution in [1.29, 1.82) is 0 Å². The molecule has 3 aromatic heterocycles. The summed E-state index contributed by atoms with van der Waals surface area (Å²) >= 11 is 0. The Morgan fingerprint density at radius 2 is 1.75 bits per heavy atom. The third-order valence-electron chi connectivity index (χ3n) is 5.61. The Hall–Kier alpha value is -4.47. The zero-order valence-electron chi connectivity index (χ0n) is 20.7. The van der Waals surface area contributed by atoms with Gasteiger partial charge >= 0.3 is 0 Å². The molecule has 2 aromatic carbocycles. The third-order valence-corrected chi connectivity index (χ3v) is 5.61. The minimum Gasteiger partial charge on any atom is -0.493 e. The van der Waals surface area contributed by atoms with Crippen LogP contribution in [0.2, 0.25) is 0 Å². The molecule has 0 radical (unpaired) electrons. The van der Waals surface area contributed by atoms with E-state index in [1.165, 1.54) is 0 Å². The first kappa shape index (κ1) is 23.3. The van der Waals surface area contributed by atoms with Gasteiger partial charge in [0, 0.05) is 11.1 Å². The normalized spacial score (nSPS) is 11.3. The summed E-state index contributed by atoms with van der Waals surface area (Å²) in [5.41, 5.74) is 3.70. The molecule has 184 valence electrons. The highest BCUT2D eigenvalue weighted by Gasteiger charge is 2.21. The first-order valence-corrected chi connectivity index (χ1v) is 11.5. The monoisotopic (exact) mass is 486 g/mol. The van der Waals surface area contributed by atoms with Crippen LogP contribution in [0.3, 0.4) is 0 Å². The number of rotatable bonds is 8. The van der Waals surface area contributed by atoms with Crippen molar-refractivity contribution in [2.24, 2.45) is 0 Å². The highest BCUT2D eigenvalue weighted by molar-refractivity contribution is 5.63. The van der Waals surface area contributed by atoms with E-state index in [-0.39, 0.29) is 12.0 Å². The van der Waals surface area contributed by atoms with Gasteiger partial charge in [-0.1, -0.05) is 28.6 Å². The maximum absolute atomic E-state index is 5.87. The molecule has 10 heteroatoms.